The van der Waals surface area contributed by atoms with Crippen LogP contribution in [0.3, 0.4) is 0 Å². The second-order valence-corrected chi connectivity index (χ2v) is 4.84. The first-order valence-corrected chi connectivity index (χ1v) is 6.67. The van der Waals surface area contributed by atoms with Gasteiger partial charge in [-0.2, -0.15) is 0 Å². The predicted molar refractivity (Wildman–Crippen MR) is 78.1 cm³/mol. The normalized spacial score (nSPS) is 12.7. The van der Waals surface area contributed by atoms with Gasteiger partial charge in [-0.1, -0.05) is 42.5 Å². The maximum atomic E-state index is 13.7. The molecule has 0 radical (unpaired) electrons. The summed E-state index contributed by atoms with van der Waals surface area (Å²) in [4.78, 5) is 0. The first kappa shape index (κ1) is 12.9. The molecule has 1 N–H and O–H groups in total. The van der Waals surface area contributed by atoms with E-state index in [0.717, 1.165) is 17.6 Å². The molecule has 1 heterocycles. The molecule has 0 amide bonds. The van der Waals surface area contributed by atoms with Gasteiger partial charge in [-0.15, -0.1) is 0 Å². The lowest BCUT2D eigenvalue weighted by Gasteiger charge is -2.13. The zero-order chi connectivity index (χ0) is 13.9. The van der Waals surface area contributed by atoms with Crippen molar-refractivity contribution in [3.05, 3.63) is 71.7 Å². The topological polar surface area (TPSA) is 25.2 Å². The van der Waals surface area contributed by atoms with Gasteiger partial charge in [-0.05, 0) is 31.2 Å². The second-order valence-electron chi connectivity index (χ2n) is 4.84. The van der Waals surface area contributed by atoms with Gasteiger partial charge in [-0.3, -0.25) is 0 Å². The lowest BCUT2D eigenvalue weighted by Crippen LogP contribution is -2.18. The SMILES string of the molecule is CNC(Cc1ccccc1)c1cc2cccc(F)c2o1. The lowest BCUT2D eigenvalue weighted by molar-refractivity contribution is 0.442. The first-order valence-electron chi connectivity index (χ1n) is 6.67. The van der Waals surface area contributed by atoms with Crippen LogP contribution in [0.1, 0.15) is 17.4 Å². The quantitative estimate of drug-likeness (QED) is 0.772. The number of nitrogens with one attached hydrogen (secondary N) is 1. The highest BCUT2D eigenvalue weighted by Crippen LogP contribution is 2.27. The highest BCUT2D eigenvalue weighted by Gasteiger charge is 2.16. The van der Waals surface area contributed by atoms with Gasteiger partial charge in [0.15, 0.2) is 11.4 Å². The second kappa shape index (κ2) is 5.47. The molecule has 0 fully saturated rings. The molecule has 0 spiro atoms. The van der Waals surface area contributed by atoms with Crippen molar-refractivity contribution in [3.63, 3.8) is 0 Å². The van der Waals surface area contributed by atoms with Gasteiger partial charge in [0.05, 0.1) is 6.04 Å². The summed E-state index contributed by atoms with van der Waals surface area (Å²) < 4.78 is 19.4. The van der Waals surface area contributed by atoms with Crippen molar-refractivity contribution in [1.29, 1.82) is 0 Å². The third-order valence-electron chi connectivity index (χ3n) is 3.49. The van der Waals surface area contributed by atoms with Crippen LogP contribution in [0.2, 0.25) is 0 Å². The molecule has 1 unspecified atom stereocenters. The number of hydrogen-bond acceptors (Lipinski definition) is 2. The van der Waals surface area contributed by atoms with E-state index in [9.17, 15) is 4.39 Å². The largest absolute Gasteiger partial charge is 0.456 e. The summed E-state index contributed by atoms with van der Waals surface area (Å²) in [5, 5.41) is 4.03. The van der Waals surface area contributed by atoms with Gasteiger partial charge >= 0.3 is 0 Å². The smallest absolute Gasteiger partial charge is 0.169 e. The Morgan fingerprint density at radius 1 is 1.10 bits per heavy atom. The fourth-order valence-corrected chi connectivity index (χ4v) is 2.41. The monoisotopic (exact) mass is 269 g/mol. The number of halogens is 1. The Kier molecular flexibility index (Phi) is 3.52. The van der Waals surface area contributed by atoms with Crippen molar-refractivity contribution >= 4 is 11.0 Å². The van der Waals surface area contributed by atoms with Crippen molar-refractivity contribution in [1.82, 2.24) is 5.32 Å². The minimum Gasteiger partial charge on any atom is -0.456 e. The van der Waals surface area contributed by atoms with Crippen LogP contribution in [0.15, 0.2) is 59.0 Å². The van der Waals surface area contributed by atoms with E-state index in [-0.39, 0.29) is 11.9 Å². The third-order valence-corrected chi connectivity index (χ3v) is 3.49. The van der Waals surface area contributed by atoms with Crippen LogP contribution < -0.4 is 5.32 Å². The third kappa shape index (κ3) is 2.45. The van der Waals surface area contributed by atoms with Gasteiger partial charge in [0, 0.05) is 5.39 Å². The van der Waals surface area contributed by atoms with E-state index >= 15 is 0 Å². The lowest BCUT2D eigenvalue weighted by atomic mass is 10.0. The van der Waals surface area contributed by atoms with Gasteiger partial charge in [0.1, 0.15) is 5.76 Å². The van der Waals surface area contributed by atoms with Crippen molar-refractivity contribution in [2.45, 2.75) is 12.5 Å². The molecular weight excluding hydrogens is 253 g/mol. The van der Waals surface area contributed by atoms with E-state index in [1.54, 1.807) is 6.07 Å². The summed E-state index contributed by atoms with van der Waals surface area (Å²) in [6.45, 7) is 0. The highest BCUT2D eigenvalue weighted by atomic mass is 19.1. The molecule has 2 aromatic carbocycles. The number of hydrogen-bond donors (Lipinski definition) is 1. The van der Waals surface area contributed by atoms with Crippen LogP contribution in [0, 0.1) is 5.82 Å². The van der Waals surface area contributed by atoms with E-state index in [4.69, 9.17) is 4.42 Å². The average molecular weight is 269 g/mol. The minimum atomic E-state index is -0.316. The van der Waals surface area contributed by atoms with Crippen LogP contribution in [0.5, 0.6) is 0 Å². The molecule has 1 aromatic heterocycles. The molecule has 2 nitrogen and oxygen atoms in total. The fourth-order valence-electron chi connectivity index (χ4n) is 2.41. The Morgan fingerprint density at radius 3 is 2.60 bits per heavy atom. The summed E-state index contributed by atoms with van der Waals surface area (Å²) in [5.74, 6) is 0.444. The van der Waals surface area contributed by atoms with Crippen molar-refractivity contribution in [2.75, 3.05) is 7.05 Å². The molecule has 0 aliphatic heterocycles. The Hall–Kier alpha value is -2.13. The minimum absolute atomic E-state index is 0.0317. The summed E-state index contributed by atoms with van der Waals surface area (Å²) in [5.41, 5.74) is 1.54. The number of fused-ring (bicyclic) bond motifs is 1. The van der Waals surface area contributed by atoms with E-state index in [1.165, 1.54) is 11.6 Å². The summed E-state index contributed by atoms with van der Waals surface area (Å²) >= 11 is 0. The standard InChI is InChI=1S/C17H16FNO/c1-19-15(10-12-6-3-2-4-7-12)16-11-13-8-5-9-14(18)17(13)20-16/h2-9,11,15,19H,10H2,1H3. The Labute approximate surface area is 117 Å². The van der Waals surface area contributed by atoms with Gasteiger partial charge < -0.3 is 9.73 Å². The number of para-hydroxylation sites is 1. The van der Waals surface area contributed by atoms with Crippen LogP contribution >= 0.6 is 0 Å². The number of likely N-dealkylation sites (N-methyl/N-ethyl adjacent to an activating group) is 1. The maximum Gasteiger partial charge on any atom is 0.169 e. The van der Waals surface area contributed by atoms with Crippen LogP contribution in [-0.2, 0) is 6.42 Å². The number of benzene rings is 2. The molecule has 102 valence electrons. The number of rotatable bonds is 4. The number of furan rings is 1. The zero-order valence-corrected chi connectivity index (χ0v) is 11.3. The van der Waals surface area contributed by atoms with E-state index in [2.05, 4.69) is 17.4 Å². The Balaban J connectivity index is 1.93. The summed E-state index contributed by atoms with van der Waals surface area (Å²) in [7, 11) is 1.89. The van der Waals surface area contributed by atoms with E-state index in [0.29, 0.717) is 5.58 Å². The molecule has 0 bridgehead atoms. The van der Waals surface area contributed by atoms with Crippen molar-refractivity contribution in [3.8, 4) is 0 Å². The Bertz CT molecular complexity index is 705. The van der Waals surface area contributed by atoms with E-state index in [1.807, 2.05) is 37.4 Å². The summed E-state index contributed by atoms with van der Waals surface area (Å²) in [6, 6.07) is 17.1. The fraction of sp³-hybridized carbons (Fsp3) is 0.176. The zero-order valence-electron chi connectivity index (χ0n) is 11.3. The molecule has 3 heteroatoms. The molecule has 20 heavy (non-hydrogen) atoms. The summed E-state index contributed by atoms with van der Waals surface area (Å²) in [6.07, 6.45) is 0.804. The van der Waals surface area contributed by atoms with Gasteiger partial charge in [-0.25, -0.2) is 4.39 Å². The van der Waals surface area contributed by atoms with Gasteiger partial charge in [0.2, 0.25) is 0 Å². The maximum absolute atomic E-state index is 13.7. The highest BCUT2D eigenvalue weighted by molar-refractivity contribution is 5.78. The molecule has 3 rings (SSSR count). The molecule has 3 aromatic rings. The van der Waals surface area contributed by atoms with Crippen molar-refractivity contribution in [2.24, 2.45) is 0 Å². The average Bonchev–Trinajstić information content (AvgIpc) is 2.91. The molecule has 1 atom stereocenters. The molecular formula is C17H16FNO. The van der Waals surface area contributed by atoms with Crippen LogP contribution in [0.25, 0.3) is 11.0 Å². The van der Waals surface area contributed by atoms with Crippen LogP contribution in [0.4, 0.5) is 4.39 Å². The van der Waals surface area contributed by atoms with Crippen LogP contribution in [-0.4, -0.2) is 7.05 Å². The molecule has 0 aliphatic rings. The molecule has 0 saturated carbocycles. The molecule has 0 aliphatic carbocycles. The van der Waals surface area contributed by atoms with Crippen molar-refractivity contribution < 1.29 is 8.81 Å². The predicted octanol–water partition coefficient (Wildman–Crippen LogP) is 4.08. The Morgan fingerprint density at radius 2 is 1.90 bits per heavy atom. The van der Waals surface area contributed by atoms with E-state index < -0.39 is 0 Å². The first-order chi connectivity index (χ1) is 9.78. The molecule has 0 saturated heterocycles. The van der Waals surface area contributed by atoms with Gasteiger partial charge in [0.25, 0.3) is 0 Å².